The van der Waals surface area contributed by atoms with E-state index < -0.39 is 0 Å². The highest BCUT2D eigenvalue weighted by atomic mass is 16.1. The number of rotatable bonds is 5. The molecule has 25 heavy (non-hydrogen) atoms. The summed E-state index contributed by atoms with van der Waals surface area (Å²) in [5, 5.41) is 7.26. The van der Waals surface area contributed by atoms with E-state index in [2.05, 4.69) is 15.4 Å². The molecule has 128 valence electrons. The number of hydrogen-bond donors (Lipinski definition) is 1. The van der Waals surface area contributed by atoms with Gasteiger partial charge in [0.2, 0.25) is 0 Å². The van der Waals surface area contributed by atoms with Crippen molar-refractivity contribution in [3.05, 3.63) is 71.8 Å². The van der Waals surface area contributed by atoms with Crippen LogP contribution in [0.25, 0.3) is 11.1 Å². The van der Waals surface area contributed by atoms with E-state index in [1.807, 2.05) is 63.5 Å². The number of benzene rings is 1. The molecule has 0 aliphatic carbocycles. The molecular weight excluding hydrogens is 312 g/mol. The molecule has 3 aromatic rings. The Balaban J connectivity index is 1.74. The number of nitrogens with zero attached hydrogens (tertiary/aromatic N) is 3. The molecule has 1 N–H and O–H groups in total. The Bertz CT molecular complexity index is 867. The Morgan fingerprint density at radius 3 is 2.56 bits per heavy atom. The van der Waals surface area contributed by atoms with E-state index in [9.17, 15) is 4.79 Å². The van der Waals surface area contributed by atoms with Gasteiger partial charge in [0.25, 0.3) is 5.91 Å². The minimum absolute atomic E-state index is 0.0382. The lowest BCUT2D eigenvalue weighted by Gasteiger charge is -2.15. The third-order valence-corrected chi connectivity index (χ3v) is 4.22. The molecular formula is C20H22N4O. The van der Waals surface area contributed by atoms with Crippen LogP contribution in [0.3, 0.4) is 0 Å². The van der Waals surface area contributed by atoms with Crippen LogP contribution < -0.4 is 5.32 Å². The van der Waals surface area contributed by atoms with Crippen molar-refractivity contribution >= 4 is 5.91 Å². The SMILES string of the molecule is CC[C@@H](NC(=O)c1ccc(-c2ccnc(C)c2)cc1)c1cnn(C)c1. The van der Waals surface area contributed by atoms with Crippen molar-refractivity contribution in [3.8, 4) is 11.1 Å². The quantitative estimate of drug-likeness (QED) is 0.774. The van der Waals surface area contributed by atoms with Gasteiger partial charge in [0, 0.05) is 36.3 Å². The molecule has 0 saturated carbocycles. The third kappa shape index (κ3) is 3.94. The molecule has 5 heteroatoms. The number of amides is 1. The summed E-state index contributed by atoms with van der Waals surface area (Å²) >= 11 is 0. The van der Waals surface area contributed by atoms with E-state index in [-0.39, 0.29) is 11.9 Å². The van der Waals surface area contributed by atoms with Crippen molar-refractivity contribution in [2.75, 3.05) is 0 Å². The number of nitrogens with one attached hydrogen (secondary N) is 1. The second-order valence-corrected chi connectivity index (χ2v) is 6.14. The lowest BCUT2D eigenvalue weighted by molar-refractivity contribution is 0.0935. The Kier molecular flexibility index (Phi) is 4.93. The molecule has 0 bridgehead atoms. The normalized spacial score (nSPS) is 12.0. The van der Waals surface area contributed by atoms with E-state index in [4.69, 9.17) is 0 Å². The maximum atomic E-state index is 12.5. The van der Waals surface area contributed by atoms with Gasteiger partial charge in [-0.15, -0.1) is 0 Å². The summed E-state index contributed by atoms with van der Waals surface area (Å²) in [7, 11) is 1.87. The molecule has 5 nitrogen and oxygen atoms in total. The van der Waals surface area contributed by atoms with Crippen LogP contribution >= 0.6 is 0 Å². The molecule has 1 amide bonds. The van der Waals surface area contributed by atoms with Crippen molar-refractivity contribution < 1.29 is 4.79 Å². The highest BCUT2D eigenvalue weighted by molar-refractivity contribution is 5.95. The molecule has 0 aliphatic rings. The van der Waals surface area contributed by atoms with Crippen LogP contribution in [0.2, 0.25) is 0 Å². The molecule has 0 spiro atoms. The number of pyridine rings is 1. The fourth-order valence-corrected chi connectivity index (χ4v) is 2.82. The van der Waals surface area contributed by atoms with E-state index in [0.717, 1.165) is 28.8 Å². The number of carbonyl (C=O) groups excluding carboxylic acids is 1. The average molecular weight is 334 g/mol. The summed E-state index contributed by atoms with van der Waals surface area (Å²) in [6.07, 6.45) is 6.34. The highest BCUT2D eigenvalue weighted by Gasteiger charge is 2.15. The Morgan fingerprint density at radius 2 is 1.96 bits per heavy atom. The van der Waals surface area contributed by atoms with Gasteiger partial charge in [-0.3, -0.25) is 14.5 Å². The predicted octanol–water partition coefficient (Wildman–Crippen LogP) is 3.67. The Hall–Kier alpha value is -2.95. The summed E-state index contributed by atoms with van der Waals surface area (Å²) in [5.74, 6) is -0.0758. The summed E-state index contributed by atoms with van der Waals surface area (Å²) in [6, 6.07) is 11.6. The monoisotopic (exact) mass is 334 g/mol. The highest BCUT2D eigenvalue weighted by Crippen LogP contribution is 2.21. The zero-order chi connectivity index (χ0) is 17.8. The zero-order valence-corrected chi connectivity index (χ0v) is 14.7. The lowest BCUT2D eigenvalue weighted by Crippen LogP contribution is -2.27. The summed E-state index contributed by atoms with van der Waals surface area (Å²) in [5.41, 5.74) is 4.81. The predicted molar refractivity (Wildman–Crippen MR) is 98.1 cm³/mol. The second kappa shape index (κ2) is 7.30. The molecule has 0 fully saturated rings. The number of aromatic nitrogens is 3. The van der Waals surface area contributed by atoms with Crippen LogP contribution in [0.1, 0.15) is 41.0 Å². The molecule has 3 rings (SSSR count). The lowest BCUT2D eigenvalue weighted by atomic mass is 10.0. The summed E-state index contributed by atoms with van der Waals surface area (Å²) in [4.78, 5) is 16.8. The van der Waals surface area contributed by atoms with Crippen molar-refractivity contribution in [1.29, 1.82) is 0 Å². The number of hydrogen-bond acceptors (Lipinski definition) is 3. The number of carbonyl (C=O) groups is 1. The standard InChI is InChI=1S/C20H22N4O/c1-4-19(18-12-22-24(3)13-18)23-20(25)16-7-5-15(6-8-16)17-9-10-21-14(2)11-17/h5-13,19H,4H2,1-3H3,(H,23,25)/t19-/m1/s1. The van der Waals surface area contributed by atoms with Crippen LogP contribution in [0.5, 0.6) is 0 Å². The maximum Gasteiger partial charge on any atom is 0.251 e. The largest absolute Gasteiger partial charge is 0.345 e. The molecule has 2 aromatic heterocycles. The smallest absolute Gasteiger partial charge is 0.251 e. The van der Waals surface area contributed by atoms with Crippen LogP contribution in [0.15, 0.2) is 55.0 Å². The first-order valence-corrected chi connectivity index (χ1v) is 8.39. The minimum atomic E-state index is -0.0758. The first-order valence-electron chi connectivity index (χ1n) is 8.39. The van der Waals surface area contributed by atoms with Gasteiger partial charge in [0.15, 0.2) is 0 Å². The Labute approximate surface area is 147 Å². The summed E-state index contributed by atoms with van der Waals surface area (Å²) in [6.45, 7) is 4.02. The molecule has 1 aromatic carbocycles. The fourth-order valence-electron chi connectivity index (χ4n) is 2.82. The van der Waals surface area contributed by atoms with E-state index in [1.165, 1.54) is 0 Å². The van der Waals surface area contributed by atoms with Gasteiger partial charge >= 0.3 is 0 Å². The molecule has 0 saturated heterocycles. The molecule has 0 radical (unpaired) electrons. The second-order valence-electron chi connectivity index (χ2n) is 6.14. The zero-order valence-electron chi connectivity index (χ0n) is 14.7. The first kappa shape index (κ1) is 16.9. The minimum Gasteiger partial charge on any atom is -0.345 e. The number of aryl methyl sites for hydroxylation is 2. The summed E-state index contributed by atoms with van der Waals surface area (Å²) < 4.78 is 1.75. The average Bonchev–Trinajstić information content (AvgIpc) is 3.06. The van der Waals surface area contributed by atoms with Crippen molar-refractivity contribution in [2.24, 2.45) is 7.05 Å². The fraction of sp³-hybridized carbons (Fsp3) is 0.250. The maximum absolute atomic E-state index is 12.5. The molecule has 0 unspecified atom stereocenters. The van der Waals surface area contributed by atoms with Gasteiger partial charge < -0.3 is 5.32 Å². The van der Waals surface area contributed by atoms with Crippen LogP contribution in [-0.2, 0) is 7.05 Å². The van der Waals surface area contributed by atoms with Gasteiger partial charge in [-0.1, -0.05) is 19.1 Å². The van der Waals surface area contributed by atoms with Crippen LogP contribution in [0, 0.1) is 6.92 Å². The van der Waals surface area contributed by atoms with Gasteiger partial charge in [0.1, 0.15) is 0 Å². The van der Waals surface area contributed by atoms with E-state index in [1.54, 1.807) is 17.1 Å². The van der Waals surface area contributed by atoms with Crippen molar-refractivity contribution in [3.63, 3.8) is 0 Å². The van der Waals surface area contributed by atoms with Crippen molar-refractivity contribution in [1.82, 2.24) is 20.1 Å². The van der Waals surface area contributed by atoms with Gasteiger partial charge in [-0.2, -0.15) is 5.10 Å². The van der Waals surface area contributed by atoms with Crippen molar-refractivity contribution in [2.45, 2.75) is 26.3 Å². The van der Waals surface area contributed by atoms with E-state index in [0.29, 0.717) is 5.56 Å². The van der Waals surface area contributed by atoms with E-state index >= 15 is 0 Å². The van der Waals surface area contributed by atoms with Gasteiger partial charge in [0.05, 0.1) is 12.2 Å². The van der Waals surface area contributed by atoms with Gasteiger partial charge in [-0.25, -0.2) is 0 Å². The third-order valence-electron chi connectivity index (χ3n) is 4.22. The molecule has 1 atom stereocenters. The first-order chi connectivity index (χ1) is 12.1. The Morgan fingerprint density at radius 1 is 1.20 bits per heavy atom. The van der Waals surface area contributed by atoms with Crippen LogP contribution in [-0.4, -0.2) is 20.7 Å². The molecule has 0 aliphatic heterocycles. The van der Waals surface area contributed by atoms with Crippen LogP contribution in [0.4, 0.5) is 0 Å². The topological polar surface area (TPSA) is 59.8 Å². The van der Waals surface area contributed by atoms with Gasteiger partial charge in [-0.05, 0) is 48.7 Å². The molecule has 2 heterocycles.